The van der Waals surface area contributed by atoms with Gasteiger partial charge in [0.15, 0.2) is 0 Å². The molecule has 1 aliphatic heterocycles. The molecule has 1 saturated heterocycles. The summed E-state index contributed by atoms with van der Waals surface area (Å²) in [5, 5.41) is 3.43. The van der Waals surface area contributed by atoms with Crippen molar-refractivity contribution in [3.63, 3.8) is 0 Å². The molecule has 0 saturated carbocycles. The number of aryl methyl sites for hydroxylation is 3. The molecular weight excluding hydrogens is 246 g/mol. The van der Waals surface area contributed by atoms with Crippen molar-refractivity contribution in [3.05, 3.63) is 34.4 Å². The van der Waals surface area contributed by atoms with Gasteiger partial charge in [-0.15, -0.1) is 0 Å². The highest BCUT2D eigenvalue weighted by Gasteiger charge is 2.22. The monoisotopic (exact) mass is 275 g/mol. The first-order valence-corrected chi connectivity index (χ1v) is 7.66. The van der Waals surface area contributed by atoms with Crippen LogP contribution in [-0.4, -0.2) is 56.6 Å². The molecule has 0 bridgehead atoms. The normalized spacial score (nSPS) is 18.5. The van der Waals surface area contributed by atoms with Crippen molar-refractivity contribution in [2.24, 2.45) is 0 Å². The average Bonchev–Trinajstić information content (AvgIpc) is 2.37. The van der Waals surface area contributed by atoms with Gasteiger partial charge in [0.25, 0.3) is 0 Å². The predicted molar refractivity (Wildman–Crippen MR) is 86.4 cm³/mol. The molecule has 0 aliphatic carbocycles. The van der Waals surface area contributed by atoms with E-state index in [0.29, 0.717) is 6.04 Å². The van der Waals surface area contributed by atoms with E-state index in [4.69, 9.17) is 0 Å². The molecule has 2 rings (SSSR count). The minimum absolute atomic E-state index is 0.480. The second-order valence-electron chi connectivity index (χ2n) is 6.34. The van der Waals surface area contributed by atoms with E-state index >= 15 is 0 Å². The van der Waals surface area contributed by atoms with Gasteiger partial charge < -0.3 is 10.2 Å². The molecule has 1 aromatic rings. The van der Waals surface area contributed by atoms with Gasteiger partial charge in [0.2, 0.25) is 0 Å². The van der Waals surface area contributed by atoms with Crippen LogP contribution in [0.15, 0.2) is 12.1 Å². The SMILES string of the molecule is Cc1cc(C)c(C(CN2CCNCC2)N(C)C)c(C)c1. The summed E-state index contributed by atoms with van der Waals surface area (Å²) >= 11 is 0. The lowest BCUT2D eigenvalue weighted by molar-refractivity contribution is 0.168. The highest BCUT2D eigenvalue weighted by Crippen LogP contribution is 2.27. The molecule has 1 atom stereocenters. The molecule has 3 heteroatoms. The summed E-state index contributed by atoms with van der Waals surface area (Å²) in [6, 6.07) is 5.11. The number of likely N-dealkylation sites (N-methyl/N-ethyl adjacent to an activating group) is 1. The van der Waals surface area contributed by atoms with Gasteiger partial charge in [-0.3, -0.25) is 4.90 Å². The second-order valence-corrected chi connectivity index (χ2v) is 6.34. The third-order valence-electron chi connectivity index (χ3n) is 4.34. The van der Waals surface area contributed by atoms with E-state index < -0.39 is 0 Å². The fraction of sp³-hybridized carbons (Fsp3) is 0.647. The van der Waals surface area contributed by atoms with Gasteiger partial charge in [-0.1, -0.05) is 17.7 Å². The maximum absolute atomic E-state index is 3.43. The third kappa shape index (κ3) is 3.60. The van der Waals surface area contributed by atoms with Crippen LogP contribution in [0.1, 0.15) is 28.3 Å². The molecule has 1 heterocycles. The lowest BCUT2D eigenvalue weighted by Gasteiger charge is -2.35. The van der Waals surface area contributed by atoms with Crippen LogP contribution in [0.25, 0.3) is 0 Å². The maximum atomic E-state index is 3.43. The first-order chi connectivity index (χ1) is 9.49. The molecule has 0 spiro atoms. The molecular formula is C17H29N3. The number of benzene rings is 1. The Kier molecular flexibility index (Phi) is 5.19. The molecule has 1 unspecified atom stereocenters. The van der Waals surface area contributed by atoms with Crippen molar-refractivity contribution in [2.45, 2.75) is 26.8 Å². The van der Waals surface area contributed by atoms with Gasteiger partial charge in [0, 0.05) is 38.8 Å². The summed E-state index contributed by atoms with van der Waals surface area (Å²) < 4.78 is 0. The Morgan fingerprint density at radius 2 is 1.65 bits per heavy atom. The standard InChI is InChI=1S/C17H29N3/c1-13-10-14(2)17(15(3)11-13)16(19(4)5)12-20-8-6-18-7-9-20/h10-11,16,18H,6-9,12H2,1-5H3. The molecule has 112 valence electrons. The van der Waals surface area contributed by atoms with Crippen LogP contribution >= 0.6 is 0 Å². The fourth-order valence-electron chi connectivity index (χ4n) is 3.37. The maximum Gasteiger partial charge on any atom is 0.0474 e. The van der Waals surface area contributed by atoms with Crippen molar-refractivity contribution >= 4 is 0 Å². The molecule has 0 radical (unpaired) electrons. The van der Waals surface area contributed by atoms with E-state index in [1.165, 1.54) is 22.3 Å². The minimum Gasteiger partial charge on any atom is -0.314 e. The van der Waals surface area contributed by atoms with Crippen LogP contribution < -0.4 is 5.32 Å². The number of rotatable bonds is 4. The number of hydrogen-bond donors (Lipinski definition) is 1. The quantitative estimate of drug-likeness (QED) is 0.908. The summed E-state index contributed by atoms with van der Waals surface area (Å²) in [5.41, 5.74) is 5.73. The van der Waals surface area contributed by atoms with E-state index in [0.717, 1.165) is 32.7 Å². The van der Waals surface area contributed by atoms with Crippen molar-refractivity contribution < 1.29 is 0 Å². The lowest BCUT2D eigenvalue weighted by atomic mass is 9.93. The number of piperazine rings is 1. The third-order valence-corrected chi connectivity index (χ3v) is 4.34. The molecule has 3 nitrogen and oxygen atoms in total. The largest absolute Gasteiger partial charge is 0.314 e. The Bertz CT molecular complexity index is 425. The highest BCUT2D eigenvalue weighted by atomic mass is 15.2. The van der Waals surface area contributed by atoms with Crippen LogP contribution in [0.4, 0.5) is 0 Å². The Morgan fingerprint density at radius 3 is 2.15 bits per heavy atom. The molecule has 1 fully saturated rings. The first kappa shape index (κ1) is 15.5. The number of hydrogen-bond acceptors (Lipinski definition) is 3. The summed E-state index contributed by atoms with van der Waals surface area (Å²) in [5.74, 6) is 0. The molecule has 1 N–H and O–H groups in total. The lowest BCUT2D eigenvalue weighted by Crippen LogP contribution is -2.46. The van der Waals surface area contributed by atoms with Crippen LogP contribution in [0, 0.1) is 20.8 Å². The zero-order valence-corrected chi connectivity index (χ0v) is 13.7. The molecule has 1 aromatic carbocycles. The van der Waals surface area contributed by atoms with Crippen molar-refractivity contribution in [1.29, 1.82) is 0 Å². The molecule has 0 aromatic heterocycles. The number of nitrogens with one attached hydrogen (secondary N) is 1. The molecule has 20 heavy (non-hydrogen) atoms. The average molecular weight is 275 g/mol. The van der Waals surface area contributed by atoms with E-state index in [9.17, 15) is 0 Å². The smallest absolute Gasteiger partial charge is 0.0474 e. The Labute approximate surface area is 124 Å². The van der Waals surface area contributed by atoms with E-state index in [1.807, 2.05) is 0 Å². The first-order valence-electron chi connectivity index (χ1n) is 7.66. The van der Waals surface area contributed by atoms with Crippen LogP contribution in [0.5, 0.6) is 0 Å². The van der Waals surface area contributed by atoms with Gasteiger partial charge in [0.05, 0.1) is 0 Å². The van der Waals surface area contributed by atoms with E-state index in [1.54, 1.807) is 0 Å². The predicted octanol–water partition coefficient (Wildman–Crippen LogP) is 2.12. The van der Waals surface area contributed by atoms with Crippen LogP contribution in [0.2, 0.25) is 0 Å². The van der Waals surface area contributed by atoms with Gasteiger partial charge in [0.1, 0.15) is 0 Å². The van der Waals surface area contributed by atoms with Gasteiger partial charge in [-0.25, -0.2) is 0 Å². The summed E-state index contributed by atoms with van der Waals surface area (Å²) in [6.07, 6.45) is 0. The Balaban J connectivity index is 2.24. The van der Waals surface area contributed by atoms with Gasteiger partial charge >= 0.3 is 0 Å². The Morgan fingerprint density at radius 1 is 1.10 bits per heavy atom. The van der Waals surface area contributed by atoms with Crippen molar-refractivity contribution in [3.8, 4) is 0 Å². The summed E-state index contributed by atoms with van der Waals surface area (Å²) in [7, 11) is 4.40. The van der Waals surface area contributed by atoms with E-state index in [2.05, 4.69) is 62.1 Å². The zero-order chi connectivity index (χ0) is 14.7. The van der Waals surface area contributed by atoms with Crippen LogP contribution in [-0.2, 0) is 0 Å². The van der Waals surface area contributed by atoms with Crippen LogP contribution in [0.3, 0.4) is 0 Å². The summed E-state index contributed by atoms with van der Waals surface area (Å²) in [6.45, 7) is 12.4. The highest BCUT2D eigenvalue weighted by molar-refractivity contribution is 5.39. The zero-order valence-electron chi connectivity index (χ0n) is 13.7. The number of nitrogens with zero attached hydrogens (tertiary/aromatic N) is 2. The van der Waals surface area contributed by atoms with E-state index in [-0.39, 0.29) is 0 Å². The molecule has 0 amide bonds. The van der Waals surface area contributed by atoms with Gasteiger partial charge in [-0.05, 0) is 51.6 Å². The second kappa shape index (κ2) is 6.70. The Hall–Kier alpha value is -0.900. The molecule has 1 aliphatic rings. The van der Waals surface area contributed by atoms with Gasteiger partial charge in [-0.2, -0.15) is 0 Å². The topological polar surface area (TPSA) is 18.5 Å². The minimum atomic E-state index is 0.480. The van der Waals surface area contributed by atoms with Crippen molar-refractivity contribution in [2.75, 3.05) is 46.8 Å². The fourth-order valence-corrected chi connectivity index (χ4v) is 3.37. The van der Waals surface area contributed by atoms with Crippen molar-refractivity contribution in [1.82, 2.24) is 15.1 Å². The summed E-state index contributed by atoms with van der Waals surface area (Å²) in [4.78, 5) is 4.95.